The minimum atomic E-state index is 0. The van der Waals surface area contributed by atoms with Crippen LogP contribution in [0.15, 0.2) is 0 Å². The van der Waals surface area contributed by atoms with Crippen LogP contribution in [-0.4, -0.2) is 0 Å². The minimum absolute atomic E-state index is 0. The summed E-state index contributed by atoms with van der Waals surface area (Å²) in [5.74, 6) is 0. The second-order valence-corrected chi connectivity index (χ2v) is 0. The van der Waals surface area contributed by atoms with Crippen molar-refractivity contribution in [3.63, 3.8) is 0 Å². The molecule has 0 N–H and O–H groups in total. The number of hydrogen-bond donors (Lipinski definition) is 0. The molecule has 0 fully saturated rings. The standard InChI is InChI=1S/12CO.3Rh/c12*1-2;;;. The van der Waals surface area contributed by atoms with E-state index in [1.165, 1.54) is 0 Å². The summed E-state index contributed by atoms with van der Waals surface area (Å²) in [4.78, 5) is 0. The van der Waals surface area contributed by atoms with Crippen LogP contribution in [0.2, 0.25) is 0 Å². The number of rotatable bonds is 0. The molecule has 0 aromatic heterocycles. The third kappa shape index (κ3) is 8200. The Morgan fingerprint density at radius 2 is 0.148 bits per heavy atom. The molecule has 0 saturated heterocycles. The van der Waals surface area contributed by atoms with Crippen LogP contribution in [0.1, 0.15) is 0 Å². The van der Waals surface area contributed by atoms with Gasteiger partial charge in [-0.1, -0.05) is 0 Å². The van der Waals surface area contributed by atoms with E-state index in [4.69, 9.17) is 55.8 Å². The zero-order valence-corrected chi connectivity index (χ0v) is 16.8. The van der Waals surface area contributed by atoms with Gasteiger partial charge in [0, 0.05) is 58.4 Å². The molecule has 15 heteroatoms. The molecule has 0 heterocycles. The van der Waals surface area contributed by atoms with Crippen molar-refractivity contribution in [3.05, 3.63) is 79.8 Å². The van der Waals surface area contributed by atoms with Gasteiger partial charge in [0.2, 0.25) is 0 Å². The van der Waals surface area contributed by atoms with Crippen LogP contribution in [0, 0.1) is 79.8 Å². The molecule has 0 amide bonds. The fraction of sp³-hybridized carbons (Fsp3) is 0. The van der Waals surface area contributed by atoms with Crippen molar-refractivity contribution in [3.8, 4) is 0 Å². The molecule has 0 atom stereocenters. The Bertz CT molecular complexity index is 224. The van der Waals surface area contributed by atoms with E-state index in [0.29, 0.717) is 0 Å². The summed E-state index contributed by atoms with van der Waals surface area (Å²) in [6.45, 7) is 54.0. The van der Waals surface area contributed by atoms with Crippen LogP contribution in [0.3, 0.4) is 0 Å². The molecule has 0 unspecified atom stereocenters. The van der Waals surface area contributed by atoms with Gasteiger partial charge < -0.3 is 0 Å². The molecule has 0 aromatic rings. The molecule has 0 aliphatic rings. The van der Waals surface area contributed by atoms with Gasteiger partial charge >= 0.3 is 136 Å². The summed E-state index contributed by atoms with van der Waals surface area (Å²) in [7, 11) is 0. The van der Waals surface area contributed by atoms with Crippen LogP contribution in [0.25, 0.3) is 0 Å². The van der Waals surface area contributed by atoms with Crippen molar-refractivity contribution in [2.75, 3.05) is 0 Å². The summed E-state index contributed by atoms with van der Waals surface area (Å²) in [5, 5.41) is 0. The molecule has 3 radical (unpaired) electrons. The summed E-state index contributed by atoms with van der Waals surface area (Å²) < 4.78 is 90.0. The number of hydrogen-bond acceptors (Lipinski definition) is 0. The Morgan fingerprint density at radius 3 is 0.148 bits per heavy atom. The molecule has 0 saturated carbocycles. The molecular formula is C12O12Rh3. The quantitative estimate of drug-likeness (QED) is 0.185. The van der Waals surface area contributed by atoms with Gasteiger partial charge in [-0.3, -0.25) is 0 Å². The molecule has 0 aliphatic heterocycles. The first-order chi connectivity index (χ1) is 12.0. The van der Waals surface area contributed by atoms with Crippen molar-refractivity contribution in [2.24, 2.45) is 0 Å². The predicted octanol–water partition coefficient (Wildman–Crippen LogP) is -0.458. The van der Waals surface area contributed by atoms with E-state index in [-0.39, 0.29) is 58.4 Å². The second-order valence-electron chi connectivity index (χ2n) is 0. The van der Waals surface area contributed by atoms with Crippen LogP contribution >= 0.6 is 0 Å². The van der Waals surface area contributed by atoms with Crippen LogP contribution in [0.5, 0.6) is 0 Å². The average molecular weight is 645 g/mol. The average Bonchev–Trinajstić information content (AvgIpc) is 2.84. The van der Waals surface area contributed by atoms with Crippen molar-refractivity contribution in [1.29, 1.82) is 0 Å². The van der Waals surface area contributed by atoms with E-state index >= 15 is 0 Å². The van der Waals surface area contributed by atoms with E-state index in [1.807, 2.05) is 0 Å². The van der Waals surface area contributed by atoms with Crippen molar-refractivity contribution < 1.29 is 114 Å². The normalized spacial score (nSPS) is 0.889. The monoisotopic (exact) mass is 645 g/mol. The summed E-state index contributed by atoms with van der Waals surface area (Å²) in [6, 6.07) is 0. The summed E-state index contributed by atoms with van der Waals surface area (Å²) in [6.07, 6.45) is 0. The van der Waals surface area contributed by atoms with Crippen LogP contribution in [-0.2, 0) is 114 Å². The predicted molar refractivity (Wildman–Crippen MR) is 47.2 cm³/mol. The van der Waals surface area contributed by atoms with E-state index < -0.39 is 0 Å². The molecule has 27 heavy (non-hydrogen) atoms. The molecule has 0 spiro atoms. The van der Waals surface area contributed by atoms with Crippen molar-refractivity contribution >= 4 is 0 Å². The minimum Gasteiger partial charge on any atom is 0 e. The van der Waals surface area contributed by atoms with E-state index in [2.05, 4.69) is 79.8 Å². The van der Waals surface area contributed by atoms with E-state index in [9.17, 15) is 0 Å². The summed E-state index contributed by atoms with van der Waals surface area (Å²) in [5.41, 5.74) is 0. The largest absolute Gasteiger partial charge is 0 e. The van der Waals surface area contributed by atoms with Crippen LogP contribution in [0.4, 0.5) is 0 Å². The topological polar surface area (TPSA) is 239 Å². The first-order valence-electron chi connectivity index (χ1n) is 2.45. The summed E-state index contributed by atoms with van der Waals surface area (Å²) >= 11 is 0. The van der Waals surface area contributed by atoms with Gasteiger partial charge in [0.15, 0.2) is 0 Å². The van der Waals surface area contributed by atoms with Gasteiger partial charge in [0.1, 0.15) is 0 Å². The van der Waals surface area contributed by atoms with Crippen molar-refractivity contribution in [1.82, 2.24) is 0 Å². The van der Waals surface area contributed by atoms with Crippen molar-refractivity contribution in [2.45, 2.75) is 0 Å². The Labute approximate surface area is 193 Å². The SMILES string of the molecule is [C-]#[O+].[C-]#[O+].[C-]#[O+].[C-]#[O+].[C-]#[O+].[C-]#[O+].[C-]#[O+].[C-]#[O+].[C-]#[O+].[C-]#[O+].[C-]#[O+].[C-]#[O+].[Rh].[Rh].[Rh]. The Morgan fingerprint density at radius 1 is 0.148 bits per heavy atom. The zero-order chi connectivity index (χ0) is 24.0. The maximum atomic E-state index is 7.50. The van der Waals surface area contributed by atoms with Gasteiger partial charge in [-0.25, -0.2) is 0 Å². The maximum absolute atomic E-state index is 7.50. The van der Waals surface area contributed by atoms with Gasteiger partial charge in [-0.2, -0.15) is 0 Å². The Kier molecular flexibility index (Phi) is 45200. The molecule has 0 bridgehead atoms. The first kappa shape index (κ1) is 136. The van der Waals surface area contributed by atoms with Crippen LogP contribution < -0.4 is 0 Å². The second kappa shape index (κ2) is 8940. The molecule has 147 valence electrons. The molecule has 0 rings (SSSR count). The Balaban J connectivity index is -0.00000000443. The van der Waals surface area contributed by atoms with E-state index in [0.717, 1.165) is 0 Å². The molecular weight excluding hydrogens is 645 g/mol. The zero-order valence-electron chi connectivity index (χ0n) is 11.9. The smallest absolute Gasteiger partial charge is 0 e. The third-order valence-corrected chi connectivity index (χ3v) is 0. The van der Waals surface area contributed by atoms with E-state index in [1.54, 1.807) is 0 Å². The Hall–Kier alpha value is -1.25. The molecule has 12 nitrogen and oxygen atoms in total. The maximum Gasteiger partial charge on any atom is 0 e. The fourth-order valence-electron chi connectivity index (χ4n) is 0. The molecule has 0 aromatic carbocycles. The third-order valence-electron chi connectivity index (χ3n) is 0. The van der Waals surface area contributed by atoms with Gasteiger partial charge in [-0.05, 0) is 0 Å². The van der Waals surface area contributed by atoms with Gasteiger partial charge in [-0.15, -0.1) is 0 Å². The van der Waals surface area contributed by atoms with Gasteiger partial charge in [0.25, 0.3) is 0 Å². The fourth-order valence-corrected chi connectivity index (χ4v) is 0. The van der Waals surface area contributed by atoms with Gasteiger partial charge in [0.05, 0.1) is 0 Å². The first-order valence-corrected chi connectivity index (χ1v) is 2.45. The molecule has 0 aliphatic carbocycles.